The predicted molar refractivity (Wildman–Crippen MR) is 104 cm³/mol. The highest BCUT2D eigenvalue weighted by Crippen LogP contribution is 2.30. The van der Waals surface area contributed by atoms with E-state index in [-0.39, 0.29) is 44.2 Å². The van der Waals surface area contributed by atoms with Gasteiger partial charge in [-0.05, 0) is 24.1 Å². The lowest BCUT2D eigenvalue weighted by Crippen LogP contribution is -2.29. The SMILES string of the molecule is Cc1nc(/C(=C\N)C(=O)NCCOCCO)ncc1Cc1cccc(C(F)(F)F)c1. The molecule has 0 saturated carbocycles. The summed E-state index contributed by atoms with van der Waals surface area (Å²) in [4.78, 5) is 20.7. The Morgan fingerprint density at radius 2 is 2.10 bits per heavy atom. The van der Waals surface area contributed by atoms with E-state index in [0.29, 0.717) is 16.8 Å². The average molecular weight is 424 g/mol. The largest absolute Gasteiger partial charge is 0.416 e. The number of aliphatic hydroxyl groups excluding tert-OH is 1. The maximum absolute atomic E-state index is 12.9. The Labute approximate surface area is 171 Å². The van der Waals surface area contributed by atoms with Gasteiger partial charge in [0.2, 0.25) is 0 Å². The van der Waals surface area contributed by atoms with Gasteiger partial charge < -0.3 is 20.9 Å². The van der Waals surface area contributed by atoms with Crippen molar-refractivity contribution in [3.05, 3.63) is 64.9 Å². The van der Waals surface area contributed by atoms with Gasteiger partial charge in [-0.3, -0.25) is 4.79 Å². The van der Waals surface area contributed by atoms with Crippen LogP contribution in [-0.4, -0.2) is 47.3 Å². The maximum Gasteiger partial charge on any atom is 0.416 e. The van der Waals surface area contributed by atoms with Crippen LogP contribution in [0.4, 0.5) is 13.2 Å². The number of hydrogen-bond donors (Lipinski definition) is 3. The molecule has 7 nitrogen and oxygen atoms in total. The summed E-state index contributed by atoms with van der Waals surface area (Å²) in [5, 5.41) is 11.2. The second-order valence-corrected chi connectivity index (χ2v) is 6.35. The Bertz CT molecular complexity index is 901. The van der Waals surface area contributed by atoms with Crippen molar-refractivity contribution >= 4 is 11.5 Å². The first-order chi connectivity index (χ1) is 14.3. The van der Waals surface area contributed by atoms with E-state index in [9.17, 15) is 18.0 Å². The highest BCUT2D eigenvalue weighted by Gasteiger charge is 2.30. The Kier molecular flexibility index (Phi) is 8.31. The van der Waals surface area contributed by atoms with E-state index in [1.54, 1.807) is 13.0 Å². The van der Waals surface area contributed by atoms with Gasteiger partial charge in [-0.15, -0.1) is 0 Å². The van der Waals surface area contributed by atoms with Crippen LogP contribution in [0, 0.1) is 6.92 Å². The van der Waals surface area contributed by atoms with E-state index < -0.39 is 17.6 Å². The Balaban J connectivity index is 2.09. The monoisotopic (exact) mass is 424 g/mol. The van der Waals surface area contributed by atoms with Gasteiger partial charge in [-0.2, -0.15) is 13.2 Å². The normalized spacial score (nSPS) is 12.1. The van der Waals surface area contributed by atoms with Crippen molar-refractivity contribution in [2.24, 2.45) is 5.73 Å². The number of aryl methyl sites for hydroxylation is 1. The van der Waals surface area contributed by atoms with Gasteiger partial charge in [-0.1, -0.05) is 18.2 Å². The standard InChI is InChI=1S/C20H23F3N4O3/c1-13-15(9-14-3-2-4-16(10-14)20(21,22)23)12-26-18(27-13)17(11-24)19(29)25-5-7-30-8-6-28/h2-4,10-12,28H,5-9,24H2,1H3,(H,25,29)/b17-11+. The van der Waals surface area contributed by atoms with E-state index in [4.69, 9.17) is 15.6 Å². The number of nitrogens with one attached hydrogen (secondary N) is 1. The lowest BCUT2D eigenvalue weighted by Gasteiger charge is -2.11. The van der Waals surface area contributed by atoms with E-state index >= 15 is 0 Å². The third kappa shape index (κ3) is 6.53. The van der Waals surface area contributed by atoms with Gasteiger partial charge in [0.15, 0.2) is 5.82 Å². The third-order valence-corrected chi connectivity index (χ3v) is 4.15. The Hall–Kier alpha value is -2.98. The third-order valence-electron chi connectivity index (χ3n) is 4.15. The average Bonchev–Trinajstić information content (AvgIpc) is 2.70. The molecule has 1 aromatic heterocycles. The van der Waals surface area contributed by atoms with Crippen molar-refractivity contribution in [3.8, 4) is 0 Å². The van der Waals surface area contributed by atoms with Gasteiger partial charge >= 0.3 is 6.18 Å². The number of aromatic nitrogens is 2. The summed E-state index contributed by atoms with van der Waals surface area (Å²) in [6.45, 7) is 2.18. The molecule has 2 aromatic rings. The summed E-state index contributed by atoms with van der Waals surface area (Å²) in [6, 6.07) is 5.05. The molecule has 1 heterocycles. The maximum atomic E-state index is 12.9. The number of ether oxygens (including phenoxy) is 1. The summed E-state index contributed by atoms with van der Waals surface area (Å²) < 4.78 is 43.7. The van der Waals surface area contributed by atoms with Gasteiger partial charge in [0, 0.05) is 31.1 Å². The first kappa shape index (κ1) is 23.3. The number of benzene rings is 1. The molecule has 2 rings (SSSR count). The molecular weight excluding hydrogens is 401 g/mol. The first-order valence-electron chi connectivity index (χ1n) is 9.14. The molecule has 0 spiro atoms. The van der Waals surface area contributed by atoms with Crippen molar-refractivity contribution in [1.82, 2.24) is 15.3 Å². The molecular formula is C20H23F3N4O3. The van der Waals surface area contributed by atoms with Crippen LogP contribution >= 0.6 is 0 Å². The molecule has 0 aliphatic heterocycles. The van der Waals surface area contributed by atoms with Gasteiger partial charge in [0.05, 0.1) is 31.0 Å². The van der Waals surface area contributed by atoms with Gasteiger partial charge in [-0.25, -0.2) is 9.97 Å². The predicted octanol–water partition coefficient (Wildman–Crippen LogP) is 1.82. The molecule has 0 radical (unpaired) electrons. The van der Waals surface area contributed by atoms with Crippen molar-refractivity contribution in [2.75, 3.05) is 26.4 Å². The lowest BCUT2D eigenvalue weighted by atomic mass is 10.0. The van der Waals surface area contributed by atoms with Crippen LogP contribution in [0.1, 0.15) is 28.2 Å². The number of carbonyl (C=O) groups excluding carboxylic acids is 1. The fourth-order valence-electron chi connectivity index (χ4n) is 2.62. The van der Waals surface area contributed by atoms with Crippen molar-refractivity contribution in [2.45, 2.75) is 19.5 Å². The Morgan fingerprint density at radius 3 is 2.73 bits per heavy atom. The smallest absolute Gasteiger partial charge is 0.404 e. The van der Waals surface area contributed by atoms with E-state index in [0.717, 1.165) is 18.3 Å². The number of nitrogens with two attached hydrogens (primary N) is 1. The Morgan fingerprint density at radius 1 is 1.33 bits per heavy atom. The number of amides is 1. The molecule has 10 heteroatoms. The molecule has 1 amide bonds. The van der Waals surface area contributed by atoms with Crippen LogP contribution in [-0.2, 0) is 22.1 Å². The minimum Gasteiger partial charge on any atom is -0.404 e. The number of halogens is 3. The second-order valence-electron chi connectivity index (χ2n) is 6.35. The summed E-state index contributed by atoms with van der Waals surface area (Å²) in [6.07, 6.45) is -1.64. The minimum absolute atomic E-state index is 0.0610. The number of hydrogen-bond acceptors (Lipinski definition) is 6. The summed E-state index contributed by atoms with van der Waals surface area (Å²) in [7, 11) is 0. The van der Waals surface area contributed by atoms with Crippen LogP contribution in [0.5, 0.6) is 0 Å². The van der Waals surface area contributed by atoms with Crippen LogP contribution in [0.3, 0.4) is 0 Å². The molecule has 0 fully saturated rings. The van der Waals surface area contributed by atoms with Gasteiger partial charge in [0.25, 0.3) is 5.91 Å². The number of rotatable bonds is 9. The zero-order chi connectivity index (χ0) is 22.1. The zero-order valence-corrected chi connectivity index (χ0v) is 16.4. The van der Waals surface area contributed by atoms with E-state index in [1.165, 1.54) is 12.3 Å². The molecule has 30 heavy (non-hydrogen) atoms. The highest BCUT2D eigenvalue weighted by atomic mass is 19.4. The number of nitrogens with zero attached hydrogens (tertiary/aromatic N) is 2. The minimum atomic E-state index is -4.41. The summed E-state index contributed by atoms with van der Waals surface area (Å²) in [5.74, 6) is -0.383. The number of aliphatic hydroxyl groups is 1. The molecule has 0 saturated heterocycles. The molecule has 0 bridgehead atoms. The van der Waals surface area contributed by atoms with Crippen LogP contribution in [0.15, 0.2) is 36.7 Å². The van der Waals surface area contributed by atoms with E-state index in [2.05, 4.69) is 15.3 Å². The van der Waals surface area contributed by atoms with Gasteiger partial charge in [0.1, 0.15) is 0 Å². The first-order valence-corrected chi connectivity index (χ1v) is 9.14. The van der Waals surface area contributed by atoms with Crippen molar-refractivity contribution < 1.29 is 27.8 Å². The molecule has 0 aliphatic carbocycles. The lowest BCUT2D eigenvalue weighted by molar-refractivity contribution is -0.137. The number of alkyl halides is 3. The van der Waals surface area contributed by atoms with Crippen LogP contribution in [0.2, 0.25) is 0 Å². The molecule has 0 unspecified atom stereocenters. The van der Waals surface area contributed by atoms with Crippen molar-refractivity contribution in [1.29, 1.82) is 0 Å². The van der Waals surface area contributed by atoms with Crippen LogP contribution in [0.25, 0.3) is 5.57 Å². The van der Waals surface area contributed by atoms with Crippen molar-refractivity contribution in [3.63, 3.8) is 0 Å². The topological polar surface area (TPSA) is 110 Å². The summed E-state index contributed by atoms with van der Waals surface area (Å²) in [5.41, 5.74) is 6.52. The quantitative estimate of drug-likeness (QED) is 0.418. The molecule has 1 aromatic carbocycles. The highest BCUT2D eigenvalue weighted by molar-refractivity contribution is 6.18. The zero-order valence-electron chi connectivity index (χ0n) is 16.4. The molecule has 4 N–H and O–H groups in total. The molecule has 0 atom stereocenters. The second kappa shape index (κ2) is 10.7. The number of carbonyl (C=O) groups is 1. The van der Waals surface area contributed by atoms with Crippen LogP contribution < -0.4 is 11.1 Å². The summed E-state index contributed by atoms with van der Waals surface area (Å²) >= 11 is 0. The van der Waals surface area contributed by atoms with E-state index in [1.807, 2.05) is 0 Å². The molecule has 0 aliphatic rings. The molecule has 162 valence electrons. The fraction of sp³-hybridized carbons (Fsp3) is 0.350. The fourth-order valence-corrected chi connectivity index (χ4v) is 2.62.